The van der Waals surface area contributed by atoms with E-state index in [1.165, 1.54) is 12.1 Å². The van der Waals surface area contributed by atoms with Crippen molar-refractivity contribution in [2.24, 2.45) is 0 Å². The highest BCUT2D eigenvalue weighted by Gasteiger charge is 2.23. The Balaban J connectivity index is 2.15. The maximum Gasteiger partial charge on any atom is 0.270 e. The fraction of sp³-hybridized carbons (Fsp3) is 0.125. The average molecular weight is 305 g/mol. The summed E-state index contributed by atoms with van der Waals surface area (Å²) in [6.07, 6.45) is 3.27. The van der Waals surface area contributed by atoms with Crippen molar-refractivity contribution in [1.29, 1.82) is 0 Å². The summed E-state index contributed by atoms with van der Waals surface area (Å²) in [4.78, 5) is 8.45. The summed E-state index contributed by atoms with van der Waals surface area (Å²) >= 11 is 6.05. The second-order valence-electron chi connectivity index (χ2n) is 4.83. The summed E-state index contributed by atoms with van der Waals surface area (Å²) < 4.78 is 26.5. The Morgan fingerprint density at radius 3 is 2.43 bits per heavy atom. The van der Waals surface area contributed by atoms with Crippen molar-refractivity contribution in [2.75, 3.05) is 0 Å². The van der Waals surface area contributed by atoms with Gasteiger partial charge in [0.15, 0.2) is 0 Å². The molecule has 106 valence electrons. The number of hydrogen-bond acceptors (Lipinski definition) is 2. The number of nitrogens with zero attached hydrogens (tertiary/aromatic N) is 2. The Kier molecular flexibility index (Phi) is 3.33. The SMILES string of the molecule is CC(F)(F)c1ccc(-c2cnc(Cl)c3cccnc23)cc1. The van der Waals surface area contributed by atoms with Crippen molar-refractivity contribution < 1.29 is 8.78 Å². The summed E-state index contributed by atoms with van der Waals surface area (Å²) in [6, 6.07) is 9.73. The molecule has 2 nitrogen and oxygen atoms in total. The zero-order chi connectivity index (χ0) is 15.0. The highest BCUT2D eigenvalue weighted by molar-refractivity contribution is 6.34. The lowest BCUT2D eigenvalue weighted by molar-refractivity contribution is 0.0175. The number of alkyl halides is 2. The van der Waals surface area contributed by atoms with Crippen LogP contribution in [0.2, 0.25) is 5.15 Å². The second kappa shape index (κ2) is 5.04. The maximum absolute atomic E-state index is 13.3. The van der Waals surface area contributed by atoms with Crippen LogP contribution in [0.4, 0.5) is 8.78 Å². The van der Waals surface area contributed by atoms with Gasteiger partial charge >= 0.3 is 0 Å². The fourth-order valence-electron chi connectivity index (χ4n) is 2.19. The minimum Gasteiger partial charge on any atom is -0.255 e. The van der Waals surface area contributed by atoms with Gasteiger partial charge in [-0.05, 0) is 17.7 Å². The molecule has 0 spiro atoms. The van der Waals surface area contributed by atoms with Crippen LogP contribution < -0.4 is 0 Å². The van der Waals surface area contributed by atoms with Crippen molar-refractivity contribution in [3.8, 4) is 11.1 Å². The number of rotatable bonds is 2. The van der Waals surface area contributed by atoms with E-state index in [4.69, 9.17) is 11.6 Å². The number of hydrogen-bond donors (Lipinski definition) is 0. The van der Waals surface area contributed by atoms with Gasteiger partial charge in [0.1, 0.15) is 5.15 Å². The topological polar surface area (TPSA) is 25.8 Å². The van der Waals surface area contributed by atoms with E-state index in [2.05, 4.69) is 9.97 Å². The van der Waals surface area contributed by atoms with Gasteiger partial charge in [0.25, 0.3) is 5.92 Å². The standard InChI is InChI=1S/C16H11ClF2N2/c1-16(18,19)11-6-4-10(5-7-11)13-9-21-15(17)12-3-2-8-20-14(12)13/h2-9H,1H3. The summed E-state index contributed by atoms with van der Waals surface area (Å²) in [5.74, 6) is -2.85. The van der Waals surface area contributed by atoms with Crippen molar-refractivity contribution >= 4 is 22.5 Å². The summed E-state index contributed by atoms with van der Waals surface area (Å²) in [7, 11) is 0. The zero-order valence-corrected chi connectivity index (χ0v) is 11.9. The third kappa shape index (κ3) is 2.59. The normalized spacial score (nSPS) is 11.8. The first-order chi connectivity index (χ1) is 9.97. The molecule has 0 saturated carbocycles. The van der Waals surface area contributed by atoms with E-state index in [1.807, 2.05) is 6.07 Å². The van der Waals surface area contributed by atoms with Crippen molar-refractivity contribution in [1.82, 2.24) is 9.97 Å². The lowest BCUT2D eigenvalue weighted by Gasteiger charge is -2.12. The molecule has 2 aromatic heterocycles. The predicted molar refractivity (Wildman–Crippen MR) is 79.6 cm³/mol. The molecule has 5 heteroatoms. The van der Waals surface area contributed by atoms with E-state index in [1.54, 1.807) is 30.6 Å². The van der Waals surface area contributed by atoms with Crippen LogP contribution >= 0.6 is 11.6 Å². The minimum atomic E-state index is -2.85. The zero-order valence-electron chi connectivity index (χ0n) is 11.1. The lowest BCUT2D eigenvalue weighted by Crippen LogP contribution is -2.06. The number of pyridine rings is 2. The van der Waals surface area contributed by atoms with Gasteiger partial charge in [-0.2, -0.15) is 0 Å². The molecule has 0 amide bonds. The van der Waals surface area contributed by atoms with Gasteiger partial charge in [-0.25, -0.2) is 13.8 Å². The number of halogens is 3. The highest BCUT2D eigenvalue weighted by Crippen LogP contribution is 2.32. The van der Waals surface area contributed by atoms with Gasteiger partial charge in [-0.15, -0.1) is 0 Å². The van der Waals surface area contributed by atoms with Crippen molar-refractivity contribution in [3.63, 3.8) is 0 Å². The Morgan fingerprint density at radius 2 is 1.76 bits per heavy atom. The fourth-order valence-corrected chi connectivity index (χ4v) is 2.39. The molecule has 0 fully saturated rings. The molecule has 0 atom stereocenters. The van der Waals surface area contributed by atoms with Gasteiger partial charge in [0.2, 0.25) is 0 Å². The van der Waals surface area contributed by atoms with E-state index in [0.717, 1.165) is 23.4 Å². The molecule has 1 aromatic carbocycles. The smallest absolute Gasteiger partial charge is 0.255 e. The number of fused-ring (bicyclic) bond motifs is 1. The molecule has 0 bridgehead atoms. The Labute approximate surface area is 125 Å². The summed E-state index contributed by atoms with van der Waals surface area (Å²) in [6.45, 7) is 0.878. The Bertz CT molecular complexity index is 795. The number of benzene rings is 1. The Hall–Kier alpha value is -2.07. The van der Waals surface area contributed by atoms with Crippen molar-refractivity contribution in [2.45, 2.75) is 12.8 Å². The van der Waals surface area contributed by atoms with Crippen LogP contribution in [0, 0.1) is 0 Å². The van der Waals surface area contributed by atoms with Gasteiger partial charge in [0, 0.05) is 35.8 Å². The first-order valence-corrected chi connectivity index (χ1v) is 6.72. The molecule has 0 radical (unpaired) electrons. The van der Waals surface area contributed by atoms with Gasteiger partial charge in [-0.1, -0.05) is 35.9 Å². The highest BCUT2D eigenvalue weighted by atomic mass is 35.5. The summed E-state index contributed by atoms with van der Waals surface area (Å²) in [5, 5.41) is 1.11. The van der Waals surface area contributed by atoms with E-state index >= 15 is 0 Å². The largest absolute Gasteiger partial charge is 0.270 e. The Morgan fingerprint density at radius 1 is 1.05 bits per heavy atom. The van der Waals surface area contributed by atoms with Gasteiger partial charge in [-0.3, -0.25) is 4.98 Å². The molecule has 0 aliphatic heterocycles. The average Bonchev–Trinajstić information content (AvgIpc) is 2.47. The quantitative estimate of drug-likeness (QED) is 0.618. The van der Waals surface area contributed by atoms with Crippen LogP contribution in [0.3, 0.4) is 0 Å². The van der Waals surface area contributed by atoms with Crippen LogP contribution in [-0.2, 0) is 5.92 Å². The van der Waals surface area contributed by atoms with Crippen LogP contribution in [0.5, 0.6) is 0 Å². The maximum atomic E-state index is 13.3. The molecule has 3 rings (SSSR count). The van der Waals surface area contributed by atoms with E-state index in [0.29, 0.717) is 10.7 Å². The predicted octanol–water partition coefficient (Wildman–Crippen LogP) is 5.06. The molecule has 0 unspecified atom stereocenters. The molecule has 0 N–H and O–H groups in total. The van der Waals surface area contributed by atoms with Crippen LogP contribution in [0.15, 0.2) is 48.8 Å². The van der Waals surface area contributed by atoms with E-state index in [9.17, 15) is 8.78 Å². The van der Waals surface area contributed by atoms with Gasteiger partial charge < -0.3 is 0 Å². The van der Waals surface area contributed by atoms with E-state index < -0.39 is 5.92 Å². The second-order valence-corrected chi connectivity index (χ2v) is 5.19. The first-order valence-electron chi connectivity index (χ1n) is 6.35. The third-order valence-electron chi connectivity index (χ3n) is 3.29. The molecule has 0 aliphatic rings. The van der Waals surface area contributed by atoms with E-state index in [-0.39, 0.29) is 5.56 Å². The molecular weight excluding hydrogens is 294 g/mol. The van der Waals surface area contributed by atoms with Crippen molar-refractivity contribution in [3.05, 3.63) is 59.5 Å². The molecule has 0 aliphatic carbocycles. The molecule has 3 aromatic rings. The summed E-state index contributed by atoms with van der Waals surface area (Å²) in [5.41, 5.74) is 2.22. The lowest BCUT2D eigenvalue weighted by atomic mass is 10.0. The van der Waals surface area contributed by atoms with Crippen LogP contribution in [-0.4, -0.2) is 9.97 Å². The molecule has 21 heavy (non-hydrogen) atoms. The first kappa shape index (κ1) is 13.9. The molecular formula is C16H11ClF2N2. The molecule has 0 saturated heterocycles. The monoisotopic (exact) mass is 304 g/mol. The van der Waals surface area contributed by atoms with Crippen LogP contribution in [0.25, 0.3) is 22.0 Å². The van der Waals surface area contributed by atoms with Gasteiger partial charge in [0.05, 0.1) is 5.52 Å². The minimum absolute atomic E-state index is 0.0227. The third-order valence-corrected chi connectivity index (χ3v) is 3.60. The number of aromatic nitrogens is 2. The molecule has 2 heterocycles. The van der Waals surface area contributed by atoms with Crippen LogP contribution in [0.1, 0.15) is 12.5 Å².